The first-order valence-electron chi connectivity index (χ1n) is 7.84. The van der Waals surface area contributed by atoms with Crippen LogP contribution in [0.1, 0.15) is 27.6 Å². The van der Waals surface area contributed by atoms with Gasteiger partial charge in [0.25, 0.3) is 0 Å². The third-order valence-corrected chi connectivity index (χ3v) is 5.52. The number of hydrogen-bond acceptors (Lipinski definition) is 5. The Kier molecular flexibility index (Phi) is 3.67. The lowest BCUT2D eigenvalue weighted by Crippen LogP contribution is -2.20. The number of pyridine rings is 1. The summed E-state index contributed by atoms with van der Waals surface area (Å²) in [4.78, 5) is 6.00. The molecule has 0 saturated heterocycles. The van der Waals surface area contributed by atoms with Crippen LogP contribution in [0.25, 0.3) is 10.2 Å². The second kappa shape index (κ2) is 5.78. The summed E-state index contributed by atoms with van der Waals surface area (Å²) in [5, 5.41) is 10.4. The molecule has 0 radical (unpaired) electrons. The number of allylic oxidation sites excluding steroid dienone is 1. The molecule has 0 aliphatic carbocycles. The van der Waals surface area contributed by atoms with Crippen LogP contribution in [-0.2, 0) is 0 Å². The van der Waals surface area contributed by atoms with Gasteiger partial charge in [-0.25, -0.2) is 13.8 Å². The summed E-state index contributed by atoms with van der Waals surface area (Å²) in [6.07, 6.45) is 0. The molecule has 2 aromatic heterocycles. The van der Waals surface area contributed by atoms with Crippen LogP contribution in [0, 0.1) is 36.8 Å². The Morgan fingerprint density at radius 1 is 1.23 bits per heavy atom. The number of nitriles is 1. The zero-order valence-electron chi connectivity index (χ0n) is 13.9. The van der Waals surface area contributed by atoms with E-state index in [2.05, 4.69) is 4.98 Å². The number of hydrogen-bond donors (Lipinski definition) is 1. The molecule has 130 valence electrons. The van der Waals surface area contributed by atoms with E-state index in [9.17, 15) is 14.0 Å². The highest BCUT2D eigenvalue weighted by atomic mass is 32.1. The fraction of sp³-hybridized carbons (Fsp3) is 0.158. The van der Waals surface area contributed by atoms with Crippen molar-refractivity contribution in [1.29, 1.82) is 5.26 Å². The van der Waals surface area contributed by atoms with Crippen LogP contribution in [0.2, 0.25) is 0 Å². The lowest BCUT2D eigenvalue weighted by molar-refractivity contribution is 0.401. The van der Waals surface area contributed by atoms with Gasteiger partial charge in [0.2, 0.25) is 5.88 Å². The van der Waals surface area contributed by atoms with Crippen molar-refractivity contribution in [3.63, 3.8) is 0 Å². The topological polar surface area (TPSA) is 71.9 Å². The van der Waals surface area contributed by atoms with Gasteiger partial charge in [0.1, 0.15) is 16.5 Å². The molecule has 4 nitrogen and oxygen atoms in total. The van der Waals surface area contributed by atoms with Crippen LogP contribution < -0.4 is 10.5 Å². The highest BCUT2D eigenvalue weighted by molar-refractivity contribution is 7.19. The molecular formula is C19H13F2N3OS. The van der Waals surface area contributed by atoms with Crippen LogP contribution in [0.3, 0.4) is 0 Å². The molecule has 1 atom stereocenters. The number of aromatic nitrogens is 1. The van der Waals surface area contributed by atoms with Crippen molar-refractivity contribution in [1.82, 2.24) is 4.98 Å². The van der Waals surface area contributed by atoms with Crippen LogP contribution in [0.15, 0.2) is 35.7 Å². The monoisotopic (exact) mass is 369 g/mol. The molecule has 0 amide bonds. The van der Waals surface area contributed by atoms with Crippen molar-refractivity contribution in [2.24, 2.45) is 5.73 Å². The summed E-state index contributed by atoms with van der Waals surface area (Å²) < 4.78 is 32.9. The molecule has 0 fully saturated rings. The van der Waals surface area contributed by atoms with Crippen molar-refractivity contribution in [2.45, 2.75) is 19.8 Å². The minimum atomic E-state index is -0.974. The van der Waals surface area contributed by atoms with Gasteiger partial charge in [-0.2, -0.15) is 5.26 Å². The minimum absolute atomic E-state index is 0.0330. The first-order valence-corrected chi connectivity index (χ1v) is 8.65. The highest BCUT2D eigenvalue weighted by Gasteiger charge is 2.35. The SMILES string of the molecule is Cc1cc(C)c2c3c(sc2n1)[C@@H](c1ccc(F)c(F)c1)C(C#N)=C(N)O3. The molecule has 1 aromatic carbocycles. The Bertz CT molecular complexity index is 1140. The Hall–Kier alpha value is -2.98. The van der Waals surface area contributed by atoms with Gasteiger partial charge >= 0.3 is 0 Å². The van der Waals surface area contributed by atoms with Crippen LogP contribution in [0.4, 0.5) is 8.78 Å². The fourth-order valence-electron chi connectivity index (χ4n) is 3.29. The van der Waals surface area contributed by atoms with E-state index in [1.54, 1.807) is 0 Å². The second-order valence-corrected chi connectivity index (χ2v) is 7.19. The number of benzene rings is 1. The van der Waals surface area contributed by atoms with Crippen molar-refractivity contribution < 1.29 is 13.5 Å². The molecule has 3 heterocycles. The van der Waals surface area contributed by atoms with E-state index in [0.29, 0.717) is 16.2 Å². The van der Waals surface area contributed by atoms with Crippen molar-refractivity contribution in [2.75, 3.05) is 0 Å². The number of fused-ring (bicyclic) bond motifs is 3. The zero-order valence-corrected chi connectivity index (χ0v) is 14.7. The second-order valence-electron chi connectivity index (χ2n) is 6.15. The van der Waals surface area contributed by atoms with Crippen LogP contribution in [0.5, 0.6) is 5.75 Å². The maximum atomic E-state index is 13.8. The predicted molar refractivity (Wildman–Crippen MR) is 94.7 cm³/mol. The Morgan fingerprint density at radius 2 is 2.00 bits per heavy atom. The van der Waals surface area contributed by atoms with Crippen LogP contribution >= 0.6 is 11.3 Å². The van der Waals surface area contributed by atoms with Gasteiger partial charge in [-0.15, -0.1) is 11.3 Å². The molecule has 3 aromatic rings. The standard InChI is InChI=1S/C19H13F2N3OS/c1-8-5-9(2)24-19-14(8)16-17(26-19)15(11(7-22)18(23)25-16)10-3-4-12(20)13(21)6-10/h3-6,15H,23H2,1-2H3/t15-/m0/s1. The maximum absolute atomic E-state index is 13.8. The molecule has 0 spiro atoms. The van der Waals surface area contributed by atoms with Crippen LogP contribution in [-0.4, -0.2) is 4.98 Å². The Morgan fingerprint density at radius 3 is 2.69 bits per heavy atom. The van der Waals surface area contributed by atoms with Gasteiger partial charge in [0, 0.05) is 5.69 Å². The van der Waals surface area contributed by atoms with E-state index in [-0.39, 0.29) is 11.5 Å². The number of aryl methyl sites for hydroxylation is 2. The molecule has 0 saturated carbocycles. The lowest BCUT2D eigenvalue weighted by atomic mass is 9.88. The normalized spacial score (nSPS) is 16.3. The summed E-state index contributed by atoms with van der Waals surface area (Å²) in [5.74, 6) is -2.05. The number of ether oxygens (including phenoxy) is 1. The van der Waals surface area contributed by atoms with Crippen molar-refractivity contribution in [3.8, 4) is 11.8 Å². The smallest absolute Gasteiger partial charge is 0.205 e. The lowest BCUT2D eigenvalue weighted by Gasteiger charge is -2.24. The van der Waals surface area contributed by atoms with Gasteiger partial charge in [-0.05, 0) is 43.2 Å². The summed E-state index contributed by atoms with van der Waals surface area (Å²) in [6, 6.07) is 7.58. The average molecular weight is 369 g/mol. The molecule has 4 rings (SSSR count). The highest BCUT2D eigenvalue weighted by Crippen LogP contribution is 2.50. The predicted octanol–water partition coefficient (Wildman–Crippen LogP) is 4.41. The Balaban J connectivity index is 2.03. The summed E-state index contributed by atoms with van der Waals surface area (Å²) in [5.41, 5.74) is 8.43. The summed E-state index contributed by atoms with van der Waals surface area (Å²) in [6.45, 7) is 3.84. The van der Waals surface area contributed by atoms with E-state index in [1.165, 1.54) is 17.4 Å². The van der Waals surface area contributed by atoms with E-state index in [1.807, 2.05) is 26.0 Å². The molecule has 7 heteroatoms. The third-order valence-electron chi connectivity index (χ3n) is 4.39. The van der Waals surface area contributed by atoms with E-state index >= 15 is 0 Å². The van der Waals surface area contributed by atoms with Gasteiger partial charge < -0.3 is 10.5 Å². The fourth-order valence-corrected chi connectivity index (χ4v) is 4.65. The molecule has 0 unspecified atom stereocenters. The minimum Gasteiger partial charge on any atom is -0.439 e. The van der Waals surface area contributed by atoms with Gasteiger partial charge in [0.05, 0.1) is 16.2 Å². The molecule has 1 aliphatic heterocycles. The number of thiophene rings is 1. The molecule has 26 heavy (non-hydrogen) atoms. The first-order chi connectivity index (χ1) is 12.4. The zero-order chi connectivity index (χ0) is 18.6. The Labute approximate surface area is 152 Å². The van der Waals surface area contributed by atoms with Gasteiger partial charge in [0.15, 0.2) is 17.4 Å². The maximum Gasteiger partial charge on any atom is 0.205 e. The van der Waals surface area contributed by atoms with Crippen molar-refractivity contribution in [3.05, 3.63) is 69.1 Å². The third kappa shape index (κ3) is 2.34. The molecule has 0 bridgehead atoms. The molecule has 2 N–H and O–H groups in total. The van der Waals surface area contributed by atoms with Gasteiger partial charge in [-0.1, -0.05) is 6.07 Å². The summed E-state index contributed by atoms with van der Waals surface area (Å²) in [7, 11) is 0. The van der Waals surface area contributed by atoms with E-state index < -0.39 is 17.6 Å². The average Bonchev–Trinajstić information content (AvgIpc) is 2.94. The first kappa shape index (κ1) is 16.5. The van der Waals surface area contributed by atoms with Gasteiger partial charge in [-0.3, -0.25) is 0 Å². The van der Waals surface area contributed by atoms with E-state index in [4.69, 9.17) is 10.5 Å². The van der Waals surface area contributed by atoms with Crippen molar-refractivity contribution >= 4 is 21.6 Å². The summed E-state index contributed by atoms with van der Waals surface area (Å²) >= 11 is 1.37. The van der Waals surface area contributed by atoms with E-state index in [0.717, 1.165) is 33.6 Å². The number of halogens is 2. The molecular weight excluding hydrogens is 356 g/mol. The number of nitrogens with two attached hydrogens (primary N) is 1. The number of nitrogens with zero attached hydrogens (tertiary/aromatic N) is 2. The largest absolute Gasteiger partial charge is 0.439 e. The number of rotatable bonds is 1. The quantitative estimate of drug-likeness (QED) is 0.690. The molecule has 1 aliphatic rings.